The van der Waals surface area contributed by atoms with Gasteiger partial charge < -0.3 is 5.32 Å². The zero-order chi connectivity index (χ0) is 15.0. The third kappa shape index (κ3) is 2.56. The molecular weight excluding hydrogens is 324 g/mol. The fourth-order valence-electron chi connectivity index (χ4n) is 3.15. The summed E-state index contributed by atoms with van der Waals surface area (Å²) >= 11 is 3.49. The normalized spacial score (nSPS) is 18.9. The van der Waals surface area contributed by atoms with Crippen molar-refractivity contribution in [3.8, 4) is 6.07 Å². The number of hydrogen-bond acceptors (Lipinski definition) is 2. The molecule has 1 unspecified atom stereocenters. The van der Waals surface area contributed by atoms with Crippen LogP contribution in [0.25, 0.3) is 0 Å². The van der Waals surface area contributed by atoms with Crippen molar-refractivity contribution in [2.24, 2.45) is 5.41 Å². The lowest BCUT2D eigenvalue weighted by atomic mass is 9.85. The molecule has 0 saturated heterocycles. The Morgan fingerprint density at radius 2 is 2.00 bits per heavy atom. The highest BCUT2D eigenvalue weighted by Gasteiger charge is 2.38. The monoisotopic (exact) mass is 340 g/mol. The Morgan fingerprint density at radius 3 is 2.76 bits per heavy atom. The first-order chi connectivity index (χ1) is 10.0. The first-order valence-corrected chi connectivity index (χ1v) is 7.84. The van der Waals surface area contributed by atoms with Gasteiger partial charge in [-0.3, -0.25) is 0 Å². The Hall–Kier alpha value is -1.79. The SMILES string of the molecule is CC1(C)Cc2ccccc2C1Nc1cc(Br)ccc1C#N. The van der Waals surface area contributed by atoms with E-state index < -0.39 is 0 Å². The number of nitriles is 1. The van der Waals surface area contributed by atoms with Gasteiger partial charge in [-0.2, -0.15) is 5.26 Å². The van der Waals surface area contributed by atoms with Gasteiger partial charge in [0.1, 0.15) is 6.07 Å². The second-order valence-corrected chi connectivity index (χ2v) is 7.16. The molecule has 0 saturated carbocycles. The average molecular weight is 341 g/mol. The summed E-state index contributed by atoms with van der Waals surface area (Å²) < 4.78 is 0.980. The topological polar surface area (TPSA) is 35.8 Å². The van der Waals surface area contributed by atoms with Crippen molar-refractivity contribution >= 4 is 21.6 Å². The maximum Gasteiger partial charge on any atom is 0.101 e. The molecule has 106 valence electrons. The summed E-state index contributed by atoms with van der Waals surface area (Å²) in [6.45, 7) is 4.55. The van der Waals surface area contributed by atoms with Gasteiger partial charge in [-0.05, 0) is 41.2 Å². The van der Waals surface area contributed by atoms with Crippen molar-refractivity contribution in [3.05, 3.63) is 63.6 Å². The molecule has 21 heavy (non-hydrogen) atoms. The molecule has 1 atom stereocenters. The van der Waals surface area contributed by atoms with Gasteiger partial charge >= 0.3 is 0 Å². The van der Waals surface area contributed by atoms with E-state index >= 15 is 0 Å². The Balaban J connectivity index is 2.02. The number of halogens is 1. The predicted octanol–water partition coefficient (Wildman–Crippen LogP) is 5.06. The lowest BCUT2D eigenvalue weighted by Gasteiger charge is -2.30. The molecule has 2 aromatic rings. The van der Waals surface area contributed by atoms with Crippen LogP contribution in [0.1, 0.15) is 36.6 Å². The van der Waals surface area contributed by atoms with Crippen LogP contribution in [0.3, 0.4) is 0 Å². The number of anilines is 1. The molecular formula is C18H17BrN2. The van der Waals surface area contributed by atoms with Crippen LogP contribution in [-0.2, 0) is 6.42 Å². The number of nitrogens with zero attached hydrogens (tertiary/aromatic N) is 1. The molecule has 0 radical (unpaired) electrons. The molecule has 2 nitrogen and oxygen atoms in total. The van der Waals surface area contributed by atoms with Gasteiger partial charge in [-0.15, -0.1) is 0 Å². The van der Waals surface area contributed by atoms with E-state index in [2.05, 4.69) is 65.4 Å². The minimum absolute atomic E-state index is 0.124. The summed E-state index contributed by atoms with van der Waals surface area (Å²) in [5.74, 6) is 0. The molecule has 0 heterocycles. The van der Waals surface area contributed by atoms with Gasteiger partial charge in [0.05, 0.1) is 17.3 Å². The van der Waals surface area contributed by atoms with Crippen LogP contribution in [0.5, 0.6) is 0 Å². The Morgan fingerprint density at radius 1 is 1.24 bits per heavy atom. The van der Waals surface area contributed by atoms with Gasteiger partial charge in [-0.1, -0.05) is 54.0 Å². The van der Waals surface area contributed by atoms with E-state index in [1.54, 1.807) is 0 Å². The van der Waals surface area contributed by atoms with Crippen LogP contribution in [0.4, 0.5) is 5.69 Å². The highest BCUT2D eigenvalue weighted by molar-refractivity contribution is 9.10. The van der Waals surface area contributed by atoms with Crippen molar-refractivity contribution in [2.75, 3.05) is 5.32 Å². The van der Waals surface area contributed by atoms with Crippen LogP contribution in [0.2, 0.25) is 0 Å². The number of rotatable bonds is 2. The summed E-state index contributed by atoms with van der Waals surface area (Å²) in [7, 11) is 0. The molecule has 0 amide bonds. The minimum atomic E-state index is 0.124. The molecule has 2 aromatic carbocycles. The number of benzene rings is 2. The summed E-state index contributed by atoms with van der Waals surface area (Å²) in [5, 5.41) is 12.9. The van der Waals surface area contributed by atoms with Crippen LogP contribution in [-0.4, -0.2) is 0 Å². The summed E-state index contributed by atoms with van der Waals surface area (Å²) in [5.41, 5.74) is 4.43. The smallest absolute Gasteiger partial charge is 0.101 e. The van der Waals surface area contributed by atoms with Crippen LogP contribution in [0.15, 0.2) is 46.9 Å². The third-order valence-corrected chi connectivity index (χ3v) is 4.69. The maximum absolute atomic E-state index is 9.30. The van der Waals surface area contributed by atoms with Gasteiger partial charge in [0.2, 0.25) is 0 Å². The highest BCUT2D eigenvalue weighted by Crippen LogP contribution is 2.47. The Kier molecular flexibility index (Phi) is 3.51. The minimum Gasteiger partial charge on any atom is -0.377 e. The molecule has 1 aliphatic carbocycles. The van der Waals surface area contributed by atoms with Crippen LogP contribution in [0, 0.1) is 16.7 Å². The first kappa shape index (κ1) is 14.2. The molecule has 1 N–H and O–H groups in total. The van der Waals surface area contributed by atoms with Crippen molar-refractivity contribution in [2.45, 2.75) is 26.3 Å². The summed E-state index contributed by atoms with van der Waals surface area (Å²) in [6, 6.07) is 16.8. The Bertz CT molecular complexity index is 728. The number of nitrogens with one attached hydrogen (secondary N) is 1. The molecule has 0 aliphatic heterocycles. The molecule has 0 fully saturated rings. The van der Waals surface area contributed by atoms with Gasteiger partial charge in [0.25, 0.3) is 0 Å². The van der Waals surface area contributed by atoms with E-state index in [9.17, 15) is 5.26 Å². The van der Waals surface area contributed by atoms with E-state index in [1.807, 2.05) is 18.2 Å². The zero-order valence-corrected chi connectivity index (χ0v) is 13.7. The number of fused-ring (bicyclic) bond motifs is 1. The van der Waals surface area contributed by atoms with E-state index in [0.29, 0.717) is 5.56 Å². The standard InChI is InChI=1S/C18H17BrN2/c1-18(2)10-12-5-3-4-6-15(12)17(18)21-16-9-14(19)8-7-13(16)11-20/h3-9,17,21H,10H2,1-2H3. The fraction of sp³-hybridized carbons (Fsp3) is 0.278. The van der Waals surface area contributed by atoms with Crippen LogP contribution >= 0.6 is 15.9 Å². The van der Waals surface area contributed by atoms with Crippen molar-refractivity contribution in [1.82, 2.24) is 0 Å². The van der Waals surface area contributed by atoms with Gasteiger partial charge in [0.15, 0.2) is 0 Å². The molecule has 3 heteroatoms. The summed E-state index contributed by atoms with van der Waals surface area (Å²) in [4.78, 5) is 0. The molecule has 1 aliphatic rings. The average Bonchev–Trinajstić information content (AvgIpc) is 2.70. The molecule has 3 rings (SSSR count). The van der Waals surface area contributed by atoms with Gasteiger partial charge in [-0.25, -0.2) is 0 Å². The third-order valence-electron chi connectivity index (χ3n) is 4.20. The quantitative estimate of drug-likeness (QED) is 0.829. The molecule has 0 spiro atoms. The first-order valence-electron chi connectivity index (χ1n) is 7.05. The lowest BCUT2D eigenvalue weighted by molar-refractivity contribution is 0.337. The van der Waals surface area contributed by atoms with E-state index in [4.69, 9.17) is 0 Å². The van der Waals surface area contributed by atoms with Crippen LogP contribution < -0.4 is 5.32 Å². The summed E-state index contributed by atoms with van der Waals surface area (Å²) in [6.07, 6.45) is 1.05. The van der Waals surface area contributed by atoms with E-state index in [-0.39, 0.29) is 11.5 Å². The van der Waals surface area contributed by atoms with E-state index in [1.165, 1.54) is 11.1 Å². The highest BCUT2D eigenvalue weighted by atomic mass is 79.9. The number of hydrogen-bond donors (Lipinski definition) is 1. The van der Waals surface area contributed by atoms with Crippen molar-refractivity contribution in [1.29, 1.82) is 5.26 Å². The largest absolute Gasteiger partial charge is 0.377 e. The van der Waals surface area contributed by atoms with E-state index in [0.717, 1.165) is 16.6 Å². The predicted molar refractivity (Wildman–Crippen MR) is 89.1 cm³/mol. The Labute approximate surface area is 133 Å². The second kappa shape index (κ2) is 5.20. The fourth-order valence-corrected chi connectivity index (χ4v) is 3.51. The lowest BCUT2D eigenvalue weighted by Crippen LogP contribution is -2.24. The van der Waals surface area contributed by atoms with Gasteiger partial charge in [0, 0.05) is 4.47 Å². The maximum atomic E-state index is 9.30. The van der Waals surface area contributed by atoms with Crippen molar-refractivity contribution < 1.29 is 0 Å². The van der Waals surface area contributed by atoms with Crippen molar-refractivity contribution in [3.63, 3.8) is 0 Å². The second-order valence-electron chi connectivity index (χ2n) is 6.24. The molecule has 0 aromatic heterocycles. The molecule has 0 bridgehead atoms. The zero-order valence-electron chi connectivity index (χ0n) is 12.2.